The van der Waals surface area contributed by atoms with Crippen molar-refractivity contribution in [3.63, 3.8) is 0 Å². The lowest BCUT2D eigenvalue weighted by molar-refractivity contribution is -0.146. The van der Waals surface area contributed by atoms with E-state index in [4.69, 9.17) is 22.1 Å². The molecule has 43 heavy (non-hydrogen) atoms. The first-order chi connectivity index (χ1) is 20.6. The standard InChI is InChI=1S/C30H40ClN5O6S/c1-21(34-43(40,41)20-22-6-3-2-4-7-22)26(17-28(37)35-12-14-42-15-13-35)30(39)36-11-5-8-27(36)29(38)33-19-24-16-25(31)10-9-23(24)18-32/h2-4,6-7,9-10,16,21,26-27,34H,5,8,11-15,17-20,32H2,1H3,(H,33,38). The highest BCUT2D eigenvalue weighted by atomic mass is 35.5. The maximum atomic E-state index is 14.1. The second-order valence-electron chi connectivity index (χ2n) is 11.0. The van der Waals surface area contributed by atoms with E-state index in [0.29, 0.717) is 56.3 Å². The second kappa shape index (κ2) is 15.1. The van der Waals surface area contributed by atoms with Gasteiger partial charge in [-0.15, -0.1) is 0 Å². The summed E-state index contributed by atoms with van der Waals surface area (Å²) < 4.78 is 34.2. The molecule has 0 aromatic heterocycles. The lowest BCUT2D eigenvalue weighted by Gasteiger charge is -2.33. The van der Waals surface area contributed by atoms with Crippen molar-refractivity contribution in [3.8, 4) is 0 Å². The van der Waals surface area contributed by atoms with Crippen LogP contribution in [0, 0.1) is 5.92 Å². The zero-order chi connectivity index (χ0) is 31.0. The SMILES string of the molecule is CC(NS(=O)(=O)Cc1ccccc1)C(CC(=O)N1CCOCC1)C(=O)N1CCCC1C(=O)NCc1cc(Cl)ccc1CN. The van der Waals surface area contributed by atoms with E-state index in [9.17, 15) is 22.8 Å². The minimum atomic E-state index is -3.84. The normalized spacial score (nSPS) is 18.7. The Hall–Kier alpha value is -3.03. The van der Waals surface area contributed by atoms with E-state index in [-0.39, 0.29) is 37.1 Å². The number of sulfonamides is 1. The Morgan fingerprint density at radius 3 is 2.49 bits per heavy atom. The summed E-state index contributed by atoms with van der Waals surface area (Å²) in [6.07, 6.45) is 0.865. The Kier molecular flexibility index (Phi) is 11.6. The van der Waals surface area contributed by atoms with Crippen molar-refractivity contribution in [2.45, 2.75) is 57.1 Å². The number of amides is 3. The Bertz CT molecular complexity index is 1390. The van der Waals surface area contributed by atoms with Gasteiger partial charge in [0.15, 0.2) is 0 Å². The second-order valence-corrected chi connectivity index (χ2v) is 13.2. The third-order valence-corrected chi connectivity index (χ3v) is 9.60. The molecule has 2 aliphatic heterocycles. The highest BCUT2D eigenvalue weighted by molar-refractivity contribution is 7.88. The van der Waals surface area contributed by atoms with Gasteiger partial charge in [-0.05, 0) is 48.6 Å². The molecule has 2 aliphatic rings. The Morgan fingerprint density at radius 1 is 1.07 bits per heavy atom. The molecule has 4 rings (SSSR count). The van der Waals surface area contributed by atoms with Crippen LogP contribution in [0.15, 0.2) is 48.5 Å². The molecule has 2 heterocycles. The molecular formula is C30H40ClN5O6S. The summed E-state index contributed by atoms with van der Waals surface area (Å²) >= 11 is 6.14. The molecule has 13 heteroatoms. The van der Waals surface area contributed by atoms with Crippen LogP contribution < -0.4 is 15.8 Å². The van der Waals surface area contributed by atoms with E-state index in [1.165, 1.54) is 4.90 Å². The first kappa shape index (κ1) is 32.9. The number of carbonyl (C=O) groups excluding carboxylic acids is 3. The number of likely N-dealkylation sites (tertiary alicyclic amines) is 1. The van der Waals surface area contributed by atoms with Gasteiger partial charge in [-0.1, -0.05) is 48.0 Å². The fourth-order valence-electron chi connectivity index (χ4n) is 5.58. The molecule has 3 amide bonds. The lowest BCUT2D eigenvalue weighted by atomic mass is 9.95. The fraction of sp³-hybridized carbons (Fsp3) is 0.500. The first-order valence-electron chi connectivity index (χ1n) is 14.5. The third-order valence-electron chi connectivity index (χ3n) is 7.92. The summed E-state index contributed by atoms with van der Waals surface area (Å²) in [5.41, 5.74) is 8.07. The van der Waals surface area contributed by atoms with Gasteiger partial charge in [0.2, 0.25) is 27.7 Å². The maximum Gasteiger partial charge on any atom is 0.243 e. The van der Waals surface area contributed by atoms with E-state index < -0.39 is 33.9 Å². The Labute approximate surface area is 258 Å². The Morgan fingerprint density at radius 2 is 1.79 bits per heavy atom. The summed E-state index contributed by atoms with van der Waals surface area (Å²) in [7, 11) is -3.84. The summed E-state index contributed by atoms with van der Waals surface area (Å²) in [4.78, 5) is 43.8. The topological polar surface area (TPSA) is 151 Å². The number of nitrogens with zero attached hydrogens (tertiary/aromatic N) is 2. The van der Waals surface area contributed by atoms with Gasteiger partial charge in [-0.3, -0.25) is 14.4 Å². The number of ether oxygens (including phenoxy) is 1. The monoisotopic (exact) mass is 633 g/mol. The lowest BCUT2D eigenvalue weighted by Crippen LogP contribution is -2.53. The van der Waals surface area contributed by atoms with Crippen LogP contribution >= 0.6 is 11.6 Å². The van der Waals surface area contributed by atoms with Crippen LogP contribution in [0.25, 0.3) is 0 Å². The average molecular weight is 634 g/mol. The van der Waals surface area contributed by atoms with Gasteiger partial charge in [-0.25, -0.2) is 13.1 Å². The summed E-state index contributed by atoms with van der Waals surface area (Å²) in [5.74, 6) is -2.29. The Balaban J connectivity index is 1.50. The van der Waals surface area contributed by atoms with E-state index in [0.717, 1.165) is 11.1 Å². The molecule has 0 saturated carbocycles. The minimum Gasteiger partial charge on any atom is -0.378 e. The molecule has 2 saturated heterocycles. The van der Waals surface area contributed by atoms with Gasteiger partial charge in [0, 0.05) is 50.2 Å². The number of morpholine rings is 1. The van der Waals surface area contributed by atoms with E-state index in [2.05, 4.69) is 10.0 Å². The highest BCUT2D eigenvalue weighted by Gasteiger charge is 2.41. The number of nitrogens with two attached hydrogens (primary N) is 1. The molecule has 234 valence electrons. The quantitative estimate of drug-likeness (QED) is 0.322. The van der Waals surface area contributed by atoms with Crippen LogP contribution in [0.4, 0.5) is 0 Å². The molecular weight excluding hydrogens is 594 g/mol. The van der Waals surface area contributed by atoms with E-state index in [1.807, 2.05) is 6.07 Å². The molecule has 3 atom stereocenters. The summed E-state index contributed by atoms with van der Waals surface area (Å²) in [6, 6.07) is 12.4. The van der Waals surface area contributed by atoms with Crippen LogP contribution in [0.1, 0.15) is 42.9 Å². The number of nitrogens with one attached hydrogen (secondary N) is 2. The van der Waals surface area contributed by atoms with Gasteiger partial charge >= 0.3 is 0 Å². The highest BCUT2D eigenvalue weighted by Crippen LogP contribution is 2.25. The van der Waals surface area contributed by atoms with Crippen LogP contribution in [-0.2, 0) is 48.0 Å². The molecule has 2 fully saturated rings. The molecule has 0 radical (unpaired) electrons. The van der Waals surface area contributed by atoms with Crippen molar-refractivity contribution in [2.24, 2.45) is 11.7 Å². The van der Waals surface area contributed by atoms with Crippen LogP contribution in [0.3, 0.4) is 0 Å². The zero-order valence-electron chi connectivity index (χ0n) is 24.3. The van der Waals surface area contributed by atoms with Gasteiger partial charge in [-0.2, -0.15) is 0 Å². The molecule has 11 nitrogen and oxygen atoms in total. The van der Waals surface area contributed by atoms with Crippen molar-refractivity contribution in [3.05, 3.63) is 70.2 Å². The minimum absolute atomic E-state index is 0.193. The number of rotatable bonds is 12. The van der Waals surface area contributed by atoms with Crippen molar-refractivity contribution < 1.29 is 27.5 Å². The first-order valence-corrected chi connectivity index (χ1v) is 16.6. The number of hydrogen-bond acceptors (Lipinski definition) is 7. The number of hydrogen-bond donors (Lipinski definition) is 3. The third kappa shape index (κ3) is 8.99. The average Bonchev–Trinajstić information content (AvgIpc) is 3.49. The smallest absolute Gasteiger partial charge is 0.243 e. The maximum absolute atomic E-state index is 14.1. The van der Waals surface area contributed by atoms with Crippen LogP contribution in [0.2, 0.25) is 5.02 Å². The van der Waals surface area contributed by atoms with E-state index >= 15 is 0 Å². The summed E-state index contributed by atoms with van der Waals surface area (Å²) in [6.45, 7) is 4.00. The fourth-order valence-corrected chi connectivity index (χ4v) is 7.22. The largest absolute Gasteiger partial charge is 0.378 e. The predicted molar refractivity (Wildman–Crippen MR) is 163 cm³/mol. The molecule has 0 bridgehead atoms. The molecule has 3 unspecified atom stereocenters. The zero-order valence-corrected chi connectivity index (χ0v) is 25.9. The van der Waals surface area contributed by atoms with Gasteiger partial charge in [0.1, 0.15) is 6.04 Å². The molecule has 2 aromatic rings. The van der Waals surface area contributed by atoms with Crippen molar-refractivity contribution >= 4 is 39.3 Å². The molecule has 4 N–H and O–H groups in total. The van der Waals surface area contributed by atoms with Crippen molar-refractivity contribution in [1.29, 1.82) is 0 Å². The van der Waals surface area contributed by atoms with E-state index in [1.54, 1.807) is 54.3 Å². The number of benzene rings is 2. The van der Waals surface area contributed by atoms with Gasteiger partial charge in [0.05, 0.1) is 24.9 Å². The summed E-state index contributed by atoms with van der Waals surface area (Å²) in [5, 5.41) is 3.43. The van der Waals surface area contributed by atoms with Crippen molar-refractivity contribution in [2.75, 3.05) is 32.8 Å². The van der Waals surface area contributed by atoms with Gasteiger partial charge in [0.25, 0.3) is 0 Å². The van der Waals surface area contributed by atoms with Crippen LogP contribution in [-0.4, -0.2) is 80.9 Å². The van der Waals surface area contributed by atoms with Crippen molar-refractivity contribution in [1.82, 2.24) is 19.8 Å². The number of carbonyl (C=O) groups is 3. The molecule has 2 aromatic carbocycles. The van der Waals surface area contributed by atoms with Gasteiger partial charge < -0.3 is 25.6 Å². The number of halogens is 1. The van der Waals surface area contributed by atoms with Crippen LogP contribution in [0.5, 0.6) is 0 Å². The molecule has 0 aliphatic carbocycles. The molecule has 0 spiro atoms. The predicted octanol–water partition coefficient (Wildman–Crippen LogP) is 1.78.